The first kappa shape index (κ1) is 33.2. The Morgan fingerprint density at radius 3 is 1.25 bits per heavy atom. The fourth-order valence-corrected chi connectivity index (χ4v) is 1.74. The SMILES string of the molecule is CC.CC.CC.COc1ccccc1.O=CCOc1ccccc1.O=Cc1ccccc1. The summed E-state index contributed by atoms with van der Waals surface area (Å²) in [6, 6.07) is 28.0. The third-order valence-electron chi connectivity index (χ3n) is 2.98. The topological polar surface area (TPSA) is 52.6 Å². The Morgan fingerprint density at radius 2 is 0.969 bits per heavy atom. The molecule has 0 aromatic heterocycles. The van der Waals surface area contributed by atoms with Crippen molar-refractivity contribution in [2.45, 2.75) is 41.5 Å². The number of rotatable bonds is 5. The van der Waals surface area contributed by atoms with E-state index < -0.39 is 0 Å². The first-order valence-corrected chi connectivity index (χ1v) is 11.0. The molecule has 0 heterocycles. The molecule has 0 fully saturated rings. The first-order valence-electron chi connectivity index (χ1n) is 11.0. The van der Waals surface area contributed by atoms with Gasteiger partial charge in [0.1, 0.15) is 24.4 Å². The lowest BCUT2D eigenvalue weighted by Crippen LogP contribution is -1.96. The third-order valence-corrected chi connectivity index (χ3v) is 2.98. The fraction of sp³-hybridized carbons (Fsp3) is 0.286. The summed E-state index contributed by atoms with van der Waals surface area (Å²) >= 11 is 0. The molecular weight excluding hydrogens is 400 g/mol. The highest BCUT2D eigenvalue weighted by atomic mass is 16.5. The highest BCUT2D eigenvalue weighted by Crippen LogP contribution is 2.07. The second-order valence-electron chi connectivity index (χ2n) is 4.84. The molecule has 0 atom stereocenters. The summed E-state index contributed by atoms with van der Waals surface area (Å²) in [7, 11) is 1.66. The van der Waals surface area contributed by atoms with Crippen LogP contribution in [0.5, 0.6) is 11.5 Å². The number of hydrogen-bond donors (Lipinski definition) is 0. The van der Waals surface area contributed by atoms with Gasteiger partial charge in [-0.1, -0.05) is 108 Å². The largest absolute Gasteiger partial charge is 0.497 e. The van der Waals surface area contributed by atoms with Crippen molar-refractivity contribution in [1.29, 1.82) is 0 Å². The maximum Gasteiger partial charge on any atom is 0.157 e. The Morgan fingerprint density at radius 1 is 0.594 bits per heavy atom. The van der Waals surface area contributed by atoms with Gasteiger partial charge < -0.3 is 9.47 Å². The van der Waals surface area contributed by atoms with E-state index in [4.69, 9.17) is 9.47 Å². The molecule has 0 radical (unpaired) electrons. The van der Waals surface area contributed by atoms with Gasteiger partial charge in [0.25, 0.3) is 0 Å². The molecule has 0 saturated heterocycles. The van der Waals surface area contributed by atoms with Crippen molar-refractivity contribution in [3.05, 3.63) is 96.6 Å². The maximum atomic E-state index is 10.0. The Balaban J connectivity index is -0.000000354. The molecular formula is C28H40O4. The highest BCUT2D eigenvalue weighted by Gasteiger charge is 1.86. The van der Waals surface area contributed by atoms with Crippen LogP contribution >= 0.6 is 0 Å². The number of para-hydroxylation sites is 2. The number of carbonyl (C=O) groups excluding carboxylic acids is 2. The van der Waals surface area contributed by atoms with Crippen LogP contribution in [0.2, 0.25) is 0 Å². The quantitative estimate of drug-likeness (QED) is 0.385. The van der Waals surface area contributed by atoms with Crippen molar-refractivity contribution in [1.82, 2.24) is 0 Å². The second kappa shape index (κ2) is 29.8. The van der Waals surface area contributed by atoms with Gasteiger partial charge >= 0.3 is 0 Å². The Labute approximate surface area is 195 Å². The number of carbonyl (C=O) groups is 2. The summed E-state index contributed by atoms with van der Waals surface area (Å²) in [5.41, 5.74) is 0.729. The van der Waals surface area contributed by atoms with Crippen molar-refractivity contribution >= 4 is 12.6 Å². The number of aldehydes is 2. The van der Waals surface area contributed by atoms with Gasteiger partial charge in [-0.15, -0.1) is 0 Å². The van der Waals surface area contributed by atoms with Crippen LogP contribution < -0.4 is 9.47 Å². The summed E-state index contributed by atoms with van der Waals surface area (Å²) in [4.78, 5) is 19.9. The van der Waals surface area contributed by atoms with Gasteiger partial charge in [0.15, 0.2) is 6.29 Å². The lowest BCUT2D eigenvalue weighted by Gasteiger charge is -1.98. The molecule has 0 unspecified atom stereocenters. The normalized spacial score (nSPS) is 7.59. The minimum Gasteiger partial charge on any atom is -0.497 e. The van der Waals surface area contributed by atoms with E-state index in [9.17, 15) is 9.59 Å². The number of ether oxygens (including phenoxy) is 2. The predicted octanol–water partition coefficient (Wildman–Crippen LogP) is 7.54. The number of benzene rings is 3. The van der Waals surface area contributed by atoms with E-state index in [1.807, 2.05) is 120 Å². The van der Waals surface area contributed by atoms with Crippen LogP contribution in [-0.4, -0.2) is 26.3 Å². The standard InChI is InChI=1S/C8H8O2.C7H8O.C7H6O.3C2H6/c9-6-7-10-8-4-2-1-3-5-8;1-8-7-5-3-2-4-6-7;8-6-7-4-2-1-3-5-7;3*1-2/h1-6H,7H2;2-6H,1H3;1-6H;3*1-2H3. The van der Waals surface area contributed by atoms with Crippen molar-refractivity contribution < 1.29 is 19.1 Å². The predicted molar refractivity (Wildman–Crippen MR) is 137 cm³/mol. The van der Waals surface area contributed by atoms with E-state index in [1.165, 1.54) is 0 Å². The van der Waals surface area contributed by atoms with Crippen molar-refractivity contribution in [2.75, 3.05) is 13.7 Å². The molecule has 0 N–H and O–H groups in total. The van der Waals surface area contributed by atoms with Gasteiger partial charge in [-0.05, 0) is 24.3 Å². The molecule has 0 bridgehead atoms. The zero-order valence-electron chi connectivity index (χ0n) is 20.7. The molecule has 0 aliphatic rings. The van der Waals surface area contributed by atoms with Gasteiger partial charge in [-0.25, -0.2) is 0 Å². The van der Waals surface area contributed by atoms with Crippen LogP contribution in [0.3, 0.4) is 0 Å². The van der Waals surface area contributed by atoms with Crippen LogP contribution in [0.1, 0.15) is 51.9 Å². The summed E-state index contributed by atoms with van der Waals surface area (Å²) in [5.74, 6) is 1.64. The van der Waals surface area contributed by atoms with Crippen molar-refractivity contribution in [3.8, 4) is 11.5 Å². The molecule has 3 aromatic rings. The zero-order chi connectivity index (χ0) is 24.9. The van der Waals surface area contributed by atoms with E-state index in [0.717, 1.165) is 29.6 Å². The van der Waals surface area contributed by atoms with Crippen LogP contribution in [0, 0.1) is 0 Å². The van der Waals surface area contributed by atoms with Gasteiger partial charge in [0.2, 0.25) is 0 Å². The fourth-order valence-electron chi connectivity index (χ4n) is 1.74. The zero-order valence-corrected chi connectivity index (χ0v) is 20.7. The van der Waals surface area contributed by atoms with Crippen LogP contribution in [-0.2, 0) is 4.79 Å². The van der Waals surface area contributed by atoms with Gasteiger partial charge in [-0.2, -0.15) is 0 Å². The molecule has 0 saturated carbocycles. The van der Waals surface area contributed by atoms with Gasteiger partial charge in [-0.3, -0.25) is 9.59 Å². The minimum absolute atomic E-state index is 0.129. The second-order valence-corrected chi connectivity index (χ2v) is 4.84. The number of hydrogen-bond acceptors (Lipinski definition) is 4. The molecule has 3 aromatic carbocycles. The molecule has 0 aliphatic heterocycles. The summed E-state index contributed by atoms with van der Waals surface area (Å²) < 4.78 is 9.90. The summed E-state index contributed by atoms with van der Waals surface area (Å²) in [5, 5.41) is 0. The molecule has 3 rings (SSSR count). The monoisotopic (exact) mass is 440 g/mol. The third kappa shape index (κ3) is 21.3. The molecule has 0 aliphatic carbocycles. The van der Waals surface area contributed by atoms with E-state index in [2.05, 4.69) is 0 Å². The Kier molecular flexibility index (Phi) is 31.0. The Hall–Kier alpha value is -3.40. The lowest BCUT2D eigenvalue weighted by atomic mass is 10.2. The average molecular weight is 441 g/mol. The average Bonchev–Trinajstić information content (AvgIpc) is 2.93. The number of methoxy groups -OCH3 is 1. The lowest BCUT2D eigenvalue weighted by molar-refractivity contribution is -0.109. The molecule has 32 heavy (non-hydrogen) atoms. The molecule has 0 amide bonds. The van der Waals surface area contributed by atoms with Crippen LogP contribution in [0.15, 0.2) is 91.0 Å². The summed E-state index contributed by atoms with van der Waals surface area (Å²) in [6.07, 6.45) is 1.56. The smallest absolute Gasteiger partial charge is 0.157 e. The molecule has 4 heteroatoms. The van der Waals surface area contributed by atoms with Gasteiger partial charge in [0.05, 0.1) is 7.11 Å². The maximum absolute atomic E-state index is 10.0. The van der Waals surface area contributed by atoms with Gasteiger partial charge in [0, 0.05) is 5.56 Å². The van der Waals surface area contributed by atoms with Crippen LogP contribution in [0.4, 0.5) is 0 Å². The van der Waals surface area contributed by atoms with E-state index in [1.54, 1.807) is 19.2 Å². The molecule has 176 valence electrons. The highest BCUT2D eigenvalue weighted by molar-refractivity contribution is 5.74. The minimum atomic E-state index is 0.129. The van der Waals surface area contributed by atoms with Crippen molar-refractivity contribution in [3.63, 3.8) is 0 Å². The summed E-state index contributed by atoms with van der Waals surface area (Å²) in [6.45, 7) is 12.1. The molecule has 0 spiro atoms. The van der Waals surface area contributed by atoms with Crippen LogP contribution in [0.25, 0.3) is 0 Å². The van der Waals surface area contributed by atoms with E-state index in [-0.39, 0.29) is 6.61 Å². The van der Waals surface area contributed by atoms with E-state index in [0.29, 0.717) is 0 Å². The first-order chi connectivity index (χ1) is 15.8. The Bertz CT molecular complexity index is 714. The molecule has 4 nitrogen and oxygen atoms in total. The van der Waals surface area contributed by atoms with E-state index >= 15 is 0 Å². The van der Waals surface area contributed by atoms with Crippen molar-refractivity contribution in [2.24, 2.45) is 0 Å².